The Bertz CT molecular complexity index is 1320. The van der Waals surface area contributed by atoms with Gasteiger partial charge in [-0.25, -0.2) is 13.8 Å². The van der Waals surface area contributed by atoms with Crippen LogP contribution in [0.5, 0.6) is 0 Å². The van der Waals surface area contributed by atoms with E-state index in [9.17, 15) is 13.6 Å². The topological polar surface area (TPSA) is 77.1 Å². The smallest absolute Gasteiger partial charge is 0.256 e. The number of rotatable bonds is 5. The molecule has 2 N–H and O–H groups in total. The summed E-state index contributed by atoms with van der Waals surface area (Å²) in [5.41, 5.74) is 2.04. The molecule has 2 aromatic heterocycles. The normalized spacial score (nSPS) is 14.5. The van der Waals surface area contributed by atoms with Gasteiger partial charge in [0, 0.05) is 59.5 Å². The van der Waals surface area contributed by atoms with Gasteiger partial charge in [0.15, 0.2) is 5.65 Å². The van der Waals surface area contributed by atoms with Crippen molar-refractivity contribution in [3.05, 3.63) is 71.9 Å². The highest BCUT2D eigenvalue weighted by Crippen LogP contribution is 2.31. The van der Waals surface area contributed by atoms with E-state index < -0.39 is 11.6 Å². The molecule has 1 aliphatic heterocycles. The first-order valence-corrected chi connectivity index (χ1v) is 11.6. The number of anilines is 2. The number of aromatic amines is 1. The summed E-state index contributed by atoms with van der Waals surface area (Å²) >= 11 is 1.17. The predicted octanol–water partition coefficient (Wildman–Crippen LogP) is 4.39. The molecule has 0 atom stereocenters. The van der Waals surface area contributed by atoms with Gasteiger partial charge in [-0.15, -0.1) is 0 Å². The predicted molar refractivity (Wildman–Crippen MR) is 128 cm³/mol. The largest absolute Gasteiger partial charge is 0.369 e. The summed E-state index contributed by atoms with van der Waals surface area (Å²) in [5, 5.41) is 10.4. The Balaban J connectivity index is 1.31. The highest BCUT2D eigenvalue weighted by molar-refractivity contribution is 7.99. The molecule has 1 aliphatic rings. The van der Waals surface area contributed by atoms with E-state index in [0.29, 0.717) is 32.2 Å². The summed E-state index contributed by atoms with van der Waals surface area (Å²) in [7, 11) is 2.11. The fraction of sp³-hybridized carbons (Fsp3) is 0.208. The van der Waals surface area contributed by atoms with Gasteiger partial charge in [0.05, 0.1) is 5.39 Å². The molecule has 3 heterocycles. The van der Waals surface area contributed by atoms with Crippen LogP contribution in [0.3, 0.4) is 0 Å². The van der Waals surface area contributed by atoms with Crippen molar-refractivity contribution in [1.29, 1.82) is 0 Å². The number of piperazine rings is 1. The van der Waals surface area contributed by atoms with Gasteiger partial charge in [-0.05, 0) is 49.5 Å². The number of hydrogen-bond donors (Lipinski definition) is 2. The van der Waals surface area contributed by atoms with E-state index in [-0.39, 0.29) is 5.91 Å². The molecule has 0 saturated carbocycles. The number of H-pyrrole nitrogens is 1. The van der Waals surface area contributed by atoms with Crippen LogP contribution in [-0.2, 0) is 0 Å². The van der Waals surface area contributed by atoms with Crippen LogP contribution in [0.15, 0.2) is 64.5 Å². The van der Waals surface area contributed by atoms with E-state index in [1.54, 1.807) is 24.4 Å². The molecule has 1 saturated heterocycles. The number of hydrogen-bond acceptors (Lipinski definition) is 6. The molecule has 4 aromatic rings. The van der Waals surface area contributed by atoms with E-state index in [1.807, 2.05) is 12.1 Å². The maximum atomic E-state index is 13.5. The number of fused-ring (bicyclic) bond motifs is 1. The molecule has 0 spiro atoms. The van der Waals surface area contributed by atoms with Crippen LogP contribution in [0.25, 0.3) is 11.0 Å². The van der Waals surface area contributed by atoms with Crippen molar-refractivity contribution in [1.82, 2.24) is 20.1 Å². The van der Waals surface area contributed by atoms with Gasteiger partial charge in [0.2, 0.25) is 0 Å². The van der Waals surface area contributed by atoms with Crippen LogP contribution in [0.4, 0.5) is 20.3 Å². The lowest BCUT2D eigenvalue weighted by molar-refractivity contribution is 0.102. The Morgan fingerprint density at radius 3 is 2.41 bits per heavy atom. The van der Waals surface area contributed by atoms with Crippen molar-refractivity contribution < 1.29 is 13.6 Å². The Hall–Kier alpha value is -3.50. The van der Waals surface area contributed by atoms with E-state index in [4.69, 9.17) is 0 Å². The lowest BCUT2D eigenvalue weighted by atomic mass is 10.1. The first kappa shape index (κ1) is 22.3. The zero-order chi connectivity index (χ0) is 23.7. The molecule has 0 radical (unpaired) electrons. The van der Waals surface area contributed by atoms with E-state index >= 15 is 0 Å². The van der Waals surface area contributed by atoms with Gasteiger partial charge in [-0.3, -0.25) is 9.89 Å². The molecule has 34 heavy (non-hydrogen) atoms. The first-order chi connectivity index (χ1) is 16.4. The fourth-order valence-corrected chi connectivity index (χ4v) is 4.73. The van der Waals surface area contributed by atoms with Crippen molar-refractivity contribution in [2.75, 3.05) is 43.4 Å². The van der Waals surface area contributed by atoms with Crippen LogP contribution in [0, 0.1) is 11.6 Å². The van der Waals surface area contributed by atoms with Crippen molar-refractivity contribution in [3.8, 4) is 0 Å². The van der Waals surface area contributed by atoms with Crippen molar-refractivity contribution in [2.45, 2.75) is 9.79 Å². The number of likely N-dealkylation sites (N-methyl/N-ethyl adjacent to an activating group) is 1. The SMILES string of the molecule is CN1CCN(c2ccc(C(=O)Nc3[nH]nc4ncc(Sc5cc(F)cc(F)c5)cc34)cc2)CC1. The van der Waals surface area contributed by atoms with Crippen LogP contribution >= 0.6 is 11.8 Å². The van der Waals surface area contributed by atoms with Crippen molar-refractivity contribution in [3.63, 3.8) is 0 Å². The Morgan fingerprint density at radius 2 is 1.71 bits per heavy atom. The third-order valence-corrected chi connectivity index (χ3v) is 6.62. The zero-order valence-corrected chi connectivity index (χ0v) is 19.2. The molecular formula is C24H22F2N6OS. The highest BCUT2D eigenvalue weighted by atomic mass is 32.2. The number of halogens is 2. The van der Waals surface area contributed by atoms with Crippen molar-refractivity contribution >= 4 is 40.2 Å². The van der Waals surface area contributed by atoms with Crippen LogP contribution in [0.1, 0.15) is 10.4 Å². The van der Waals surface area contributed by atoms with E-state index in [1.165, 1.54) is 23.9 Å². The number of benzene rings is 2. The summed E-state index contributed by atoms with van der Waals surface area (Å²) in [6.07, 6.45) is 1.57. The second-order valence-corrected chi connectivity index (χ2v) is 9.29. The summed E-state index contributed by atoms with van der Waals surface area (Å²) in [6, 6.07) is 12.6. The third-order valence-electron chi connectivity index (χ3n) is 5.69. The van der Waals surface area contributed by atoms with Crippen LogP contribution in [-0.4, -0.2) is 59.2 Å². The number of carbonyl (C=O) groups is 1. The van der Waals surface area contributed by atoms with E-state index in [0.717, 1.165) is 37.9 Å². The molecule has 2 aromatic carbocycles. The molecule has 0 unspecified atom stereocenters. The summed E-state index contributed by atoms with van der Waals surface area (Å²) in [5.74, 6) is -1.16. The average Bonchev–Trinajstić information content (AvgIpc) is 3.21. The minimum atomic E-state index is -0.647. The van der Waals surface area contributed by atoms with Crippen molar-refractivity contribution in [2.24, 2.45) is 0 Å². The van der Waals surface area contributed by atoms with Gasteiger partial charge >= 0.3 is 0 Å². The number of carbonyl (C=O) groups excluding carboxylic acids is 1. The van der Waals surface area contributed by atoms with Gasteiger partial charge in [-0.2, -0.15) is 5.10 Å². The van der Waals surface area contributed by atoms with Crippen LogP contribution < -0.4 is 10.2 Å². The maximum Gasteiger partial charge on any atom is 0.256 e. The minimum absolute atomic E-state index is 0.277. The summed E-state index contributed by atoms with van der Waals surface area (Å²) in [6.45, 7) is 3.94. The van der Waals surface area contributed by atoms with Gasteiger partial charge in [-0.1, -0.05) is 11.8 Å². The van der Waals surface area contributed by atoms with Crippen LogP contribution in [0.2, 0.25) is 0 Å². The number of amides is 1. The Kier molecular flexibility index (Phi) is 6.16. The van der Waals surface area contributed by atoms with E-state index in [2.05, 4.69) is 37.3 Å². The number of nitrogens with one attached hydrogen (secondary N) is 2. The molecule has 5 rings (SSSR count). The average molecular weight is 481 g/mol. The molecule has 0 aliphatic carbocycles. The number of pyridine rings is 1. The third kappa shape index (κ3) is 4.87. The number of nitrogens with zero attached hydrogens (tertiary/aromatic N) is 4. The second-order valence-electron chi connectivity index (χ2n) is 8.14. The lowest BCUT2D eigenvalue weighted by Crippen LogP contribution is -2.44. The summed E-state index contributed by atoms with van der Waals surface area (Å²) < 4.78 is 27.0. The van der Waals surface area contributed by atoms with Gasteiger partial charge in [0.25, 0.3) is 5.91 Å². The number of aromatic nitrogens is 3. The van der Waals surface area contributed by atoms with Gasteiger partial charge in [0.1, 0.15) is 17.5 Å². The molecular weight excluding hydrogens is 458 g/mol. The molecule has 0 bridgehead atoms. The first-order valence-electron chi connectivity index (χ1n) is 10.8. The summed E-state index contributed by atoms with van der Waals surface area (Å²) in [4.78, 5) is 22.8. The standard InChI is InChI=1S/C24H22F2N6OS/c1-31-6-8-32(9-7-31)18-4-2-15(3-5-18)24(33)28-23-21-13-20(14-27-22(21)29-30-23)34-19-11-16(25)10-17(26)12-19/h2-5,10-14H,6-9H2,1H3,(H2,27,28,29,30,33). The second kappa shape index (κ2) is 9.40. The Labute approximate surface area is 199 Å². The highest BCUT2D eigenvalue weighted by Gasteiger charge is 2.16. The zero-order valence-electron chi connectivity index (χ0n) is 18.4. The fourth-order valence-electron chi connectivity index (χ4n) is 3.83. The molecule has 1 amide bonds. The maximum absolute atomic E-state index is 13.5. The molecule has 10 heteroatoms. The monoisotopic (exact) mass is 480 g/mol. The molecule has 7 nitrogen and oxygen atoms in total. The van der Waals surface area contributed by atoms with Gasteiger partial charge < -0.3 is 15.1 Å². The molecule has 174 valence electrons. The minimum Gasteiger partial charge on any atom is -0.369 e. The lowest BCUT2D eigenvalue weighted by Gasteiger charge is -2.34. The quantitative estimate of drug-likeness (QED) is 0.441. The Morgan fingerprint density at radius 1 is 1.00 bits per heavy atom. The molecule has 1 fully saturated rings.